The molecule has 0 spiro atoms. The number of halogens is 2. The van der Waals surface area contributed by atoms with E-state index in [2.05, 4.69) is 15.9 Å². The van der Waals surface area contributed by atoms with E-state index in [-0.39, 0.29) is 6.61 Å². The average Bonchev–Trinajstić information content (AvgIpc) is 2.35. The number of hydrogen-bond acceptors (Lipinski definition) is 2. The lowest BCUT2D eigenvalue weighted by molar-refractivity contribution is 0.0537. The Bertz CT molecular complexity index is 363. The van der Waals surface area contributed by atoms with Gasteiger partial charge in [0.1, 0.15) is 6.61 Å². The maximum atomic E-state index is 12.3. The van der Waals surface area contributed by atoms with E-state index in [0.717, 1.165) is 0 Å². The molecule has 0 atom stereocenters. The highest BCUT2D eigenvalue weighted by molar-refractivity contribution is 9.09. The molecule has 0 unspecified atom stereocenters. The molecule has 0 aromatic heterocycles. The number of ether oxygens (including phenoxy) is 1. The summed E-state index contributed by atoms with van der Waals surface area (Å²) in [6.07, 6.45) is 1.01. The Morgan fingerprint density at radius 2 is 2.06 bits per heavy atom. The maximum absolute atomic E-state index is 12.3. The number of rotatable bonds is 5. The third kappa shape index (κ3) is 4.14. The lowest BCUT2D eigenvalue weighted by Crippen LogP contribution is -2.08. The van der Waals surface area contributed by atoms with E-state index >= 15 is 0 Å². The van der Waals surface area contributed by atoms with Crippen LogP contribution in [-0.2, 0) is 4.74 Å². The number of esters is 1. The van der Waals surface area contributed by atoms with E-state index in [1.165, 1.54) is 0 Å². The van der Waals surface area contributed by atoms with Gasteiger partial charge in [0.15, 0.2) is 0 Å². The van der Waals surface area contributed by atoms with Gasteiger partial charge in [-0.15, -0.1) is 0 Å². The van der Waals surface area contributed by atoms with Gasteiger partial charge in [0.25, 0.3) is 0 Å². The smallest absolute Gasteiger partial charge is 0.338 e. The zero-order chi connectivity index (χ0) is 11.8. The summed E-state index contributed by atoms with van der Waals surface area (Å²) in [5, 5.41) is 0.644. The predicted molar refractivity (Wildman–Crippen MR) is 64.3 cm³/mol. The maximum Gasteiger partial charge on any atom is 0.338 e. The standard InChI is InChI=1S/C12H12BrFO2/c13-7-6-10(8-14)9-16-12(15)11-4-2-1-3-5-11/h1-5,8H,6-7,9H2. The van der Waals surface area contributed by atoms with Crippen LogP contribution in [0.3, 0.4) is 0 Å². The molecule has 0 aliphatic carbocycles. The van der Waals surface area contributed by atoms with Crippen molar-refractivity contribution in [3.63, 3.8) is 0 Å². The lowest BCUT2D eigenvalue weighted by atomic mass is 10.2. The molecule has 0 aliphatic rings. The normalized spacial score (nSPS) is 11.2. The van der Waals surface area contributed by atoms with Gasteiger partial charge in [0, 0.05) is 5.33 Å². The van der Waals surface area contributed by atoms with Crippen molar-refractivity contribution in [3.8, 4) is 0 Å². The second-order valence-corrected chi connectivity index (χ2v) is 3.94. The van der Waals surface area contributed by atoms with Gasteiger partial charge in [-0.3, -0.25) is 0 Å². The molecule has 0 amide bonds. The Balaban J connectivity index is 2.47. The summed E-state index contributed by atoms with van der Waals surface area (Å²) in [5.74, 6) is -0.436. The zero-order valence-electron chi connectivity index (χ0n) is 8.66. The summed E-state index contributed by atoms with van der Waals surface area (Å²) in [4.78, 5) is 11.5. The Morgan fingerprint density at radius 1 is 1.38 bits per heavy atom. The van der Waals surface area contributed by atoms with Crippen LogP contribution < -0.4 is 0 Å². The van der Waals surface area contributed by atoms with Crippen LogP contribution in [0.4, 0.5) is 4.39 Å². The molecule has 0 saturated carbocycles. The van der Waals surface area contributed by atoms with Crippen molar-refractivity contribution in [2.75, 3.05) is 11.9 Å². The topological polar surface area (TPSA) is 26.3 Å². The van der Waals surface area contributed by atoms with Crippen LogP contribution >= 0.6 is 15.9 Å². The van der Waals surface area contributed by atoms with Crippen molar-refractivity contribution >= 4 is 21.9 Å². The zero-order valence-corrected chi connectivity index (χ0v) is 10.2. The third-order valence-electron chi connectivity index (χ3n) is 1.97. The fourth-order valence-corrected chi connectivity index (χ4v) is 1.60. The van der Waals surface area contributed by atoms with Gasteiger partial charge >= 0.3 is 5.97 Å². The minimum absolute atomic E-state index is 0.00414. The van der Waals surface area contributed by atoms with Gasteiger partial charge in [-0.05, 0) is 24.1 Å². The van der Waals surface area contributed by atoms with Gasteiger partial charge in [-0.25, -0.2) is 9.18 Å². The highest BCUT2D eigenvalue weighted by Crippen LogP contribution is 2.07. The summed E-state index contributed by atoms with van der Waals surface area (Å²) >= 11 is 3.19. The molecule has 1 aromatic carbocycles. The van der Waals surface area contributed by atoms with Gasteiger partial charge < -0.3 is 4.74 Å². The van der Waals surface area contributed by atoms with Crippen LogP contribution in [0.15, 0.2) is 42.2 Å². The molecule has 4 heteroatoms. The Kier molecular flexibility index (Phi) is 5.78. The monoisotopic (exact) mass is 286 g/mol. The molecule has 0 heterocycles. The highest BCUT2D eigenvalue weighted by Gasteiger charge is 2.07. The Hall–Kier alpha value is -1.16. The minimum atomic E-state index is -0.436. The molecule has 0 bridgehead atoms. The summed E-state index contributed by atoms with van der Waals surface area (Å²) in [6, 6.07) is 8.63. The molecule has 86 valence electrons. The number of hydrogen-bond donors (Lipinski definition) is 0. The van der Waals surface area contributed by atoms with Gasteiger partial charge in [-0.2, -0.15) is 0 Å². The quantitative estimate of drug-likeness (QED) is 0.612. The first kappa shape index (κ1) is 12.9. The highest BCUT2D eigenvalue weighted by atomic mass is 79.9. The molecule has 0 N–H and O–H groups in total. The van der Waals surface area contributed by atoms with E-state index in [4.69, 9.17) is 4.74 Å². The van der Waals surface area contributed by atoms with Gasteiger partial charge in [0.2, 0.25) is 0 Å². The summed E-state index contributed by atoms with van der Waals surface area (Å²) < 4.78 is 17.3. The Labute approximate surface area is 102 Å². The van der Waals surface area contributed by atoms with E-state index in [1.807, 2.05) is 6.07 Å². The van der Waals surface area contributed by atoms with Crippen LogP contribution in [0.1, 0.15) is 16.8 Å². The van der Waals surface area contributed by atoms with E-state index in [9.17, 15) is 9.18 Å². The second kappa shape index (κ2) is 7.17. The fraction of sp³-hybridized carbons (Fsp3) is 0.250. The van der Waals surface area contributed by atoms with Crippen molar-refractivity contribution in [1.29, 1.82) is 0 Å². The molecule has 0 fully saturated rings. The van der Waals surface area contributed by atoms with Gasteiger partial charge in [-0.1, -0.05) is 34.1 Å². The molecular formula is C12H12BrFO2. The van der Waals surface area contributed by atoms with Crippen LogP contribution in [0, 0.1) is 0 Å². The largest absolute Gasteiger partial charge is 0.457 e. The van der Waals surface area contributed by atoms with Crippen LogP contribution in [-0.4, -0.2) is 17.9 Å². The molecule has 0 radical (unpaired) electrons. The molecule has 1 rings (SSSR count). The number of benzene rings is 1. The number of carbonyl (C=O) groups is 1. The number of carbonyl (C=O) groups excluding carboxylic acids is 1. The van der Waals surface area contributed by atoms with Crippen molar-refractivity contribution in [2.24, 2.45) is 0 Å². The van der Waals surface area contributed by atoms with Crippen LogP contribution in [0.5, 0.6) is 0 Å². The predicted octanol–water partition coefficient (Wildman–Crippen LogP) is 3.48. The summed E-state index contributed by atoms with van der Waals surface area (Å²) in [6.45, 7) is -0.00414. The SMILES string of the molecule is O=C(OCC(=CF)CCBr)c1ccccc1. The molecule has 16 heavy (non-hydrogen) atoms. The van der Waals surface area contributed by atoms with Crippen molar-refractivity contribution < 1.29 is 13.9 Å². The molecular weight excluding hydrogens is 275 g/mol. The van der Waals surface area contributed by atoms with Crippen LogP contribution in [0.25, 0.3) is 0 Å². The summed E-state index contributed by atoms with van der Waals surface area (Å²) in [5.41, 5.74) is 0.931. The van der Waals surface area contributed by atoms with E-state index in [1.54, 1.807) is 24.3 Å². The van der Waals surface area contributed by atoms with Crippen LogP contribution in [0.2, 0.25) is 0 Å². The van der Waals surface area contributed by atoms with Crippen molar-refractivity contribution in [2.45, 2.75) is 6.42 Å². The first-order chi connectivity index (χ1) is 7.77. The summed E-state index contributed by atoms with van der Waals surface area (Å²) in [7, 11) is 0. The third-order valence-corrected chi connectivity index (χ3v) is 2.36. The first-order valence-corrected chi connectivity index (χ1v) is 5.96. The van der Waals surface area contributed by atoms with Crippen molar-refractivity contribution in [3.05, 3.63) is 47.8 Å². The van der Waals surface area contributed by atoms with E-state index < -0.39 is 5.97 Å². The fourth-order valence-electron chi connectivity index (χ4n) is 1.10. The number of alkyl halides is 1. The molecule has 0 saturated heterocycles. The average molecular weight is 287 g/mol. The van der Waals surface area contributed by atoms with E-state index in [0.29, 0.717) is 29.2 Å². The Morgan fingerprint density at radius 3 is 2.62 bits per heavy atom. The molecule has 1 aromatic rings. The van der Waals surface area contributed by atoms with Gasteiger partial charge in [0.05, 0.1) is 11.9 Å². The lowest BCUT2D eigenvalue weighted by Gasteiger charge is -2.06. The molecule has 0 aliphatic heterocycles. The second-order valence-electron chi connectivity index (χ2n) is 3.15. The first-order valence-electron chi connectivity index (χ1n) is 4.84. The van der Waals surface area contributed by atoms with Crippen molar-refractivity contribution in [1.82, 2.24) is 0 Å². The molecule has 2 nitrogen and oxygen atoms in total. The minimum Gasteiger partial charge on any atom is -0.457 e.